The summed E-state index contributed by atoms with van der Waals surface area (Å²) in [6, 6.07) is 14.3. The first-order valence-corrected chi connectivity index (χ1v) is 9.28. The van der Waals surface area contributed by atoms with Gasteiger partial charge in [-0.15, -0.1) is 11.8 Å². The van der Waals surface area contributed by atoms with Crippen molar-refractivity contribution in [3.63, 3.8) is 0 Å². The first kappa shape index (κ1) is 15.7. The molecular weight excluding hydrogens is 340 g/mol. The molecule has 24 heavy (non-hydrogen) atoms. The van der Waals surface area contributed by atoms with Crippen LogP contribution in [-0.2, 0) is 4.79 Å². The molecule has 2 aromatic rings. The second-order valence-electron chi connectivity index (χ2n) is 6.26. The van der Waals surface area contributed by atoms with E-state index in [4.69, 9.17) is 16.7 Å². The molecule has 0 fully saturated rings. The Morgan fingerprint density at radius 3 is 2.71 bits per heavy atom. The summed E-state index contributed by atoms with van der Waals surface area (Å²) in [5.74, 6) is 1.07. The quantitative estimate of drug-likeness (QED) is 0.743. The van der Waals surface area contributed by atoms with E-state index in [1.54, 1.807) is 11.9 Å². The fraction of sp³-hybridized carbons (Fsp3) is 0.263. The van der Waals surface area contributed by atoms with Crippen LogP contribution in [0.2, 0.25) is 5.02 Å². The number of thioether (sulfide) groups is 1. The predicted octanol–water partition coefficient (Wildman–Crippen LogP) is 4.68. The molecule has 2 aliphatic rings. The third kappa shape index (κ3) is 2.54. The summed E-state index contributed by atoms with van der Waals surface area (Å²) >= 11 is 8.00. The first-order chi connectivity index (χ1) is 11.5. The largest absolute Gasteiger partial charge is 0.273 e. The molecule has 0 spiro atoms. The van der Waals surface area contributed by atoms with Crippen molar-refractivity contribution in [2.75, 3.05) is 5.75 Å². The minimum Gasteiger partial charge on any atom is -0.273 e. The van der Waals surface area contributed by atoms with Crippen LogP contribution in [0.5, 0.6) is 0 Å². The number of halogens is 1. The zero-order valence-electron chi connectivity index (χ0n) is 13.5. The molecule has 0 radical (unpaired) electrons. The van der Waals surface area contributed by atoms with Gasteiger partial charge in [-0.3, -0.25) is 4.79 Å². The monoisotopic (exact) mass is 356 g/mol. The van der Waals surface area contributed by atoms with E-state index >= 15 is 0 Å². The van der Waals surface area contributed by atoms with Gasteiger partial charge in [0.15, 0.2) is 0 Å². The van der Waals surface area contributed by atoms with E-state index in [0.29, 0.717) is 5.02 Å². The van der Waals surface area contributed by atoms with Gasteiger partial charge < -0.3 is 0 Å². The maximum atomic E-state index is 12.2. The molecule has 3 nitrogen and oxygen atoms in total. The molecule has 0 aliphatic carbocycles. The zero-order valence-corrected chi connectivity index (χ0v) is 15.1. The maximum Gasteiger partial charge on any atom is 0.240 e. The molecule has 0 unspecified atom stereocenters. The Kier molecular flexibility index (Phi) is 3.89. The van der Waals surface area contributed by atoms with Crippen LogP contribution >= 0.6 is 23.4 Å². The topological polar surface area (TPSA) is 32.7 Å². The summed E-state index contributed by atoms with van der Waals surface area (Å²) in [4.78, 5) is 13.4. The molecular formula is C19H17ClN2OS. The molecule has 1 amide bonds. The number of carbonyl (C=O) groups excluding carboxylic acids is 1. The van der Waals surface area contributed by atoms with Gasteiger partial charge in [-0.05, 0) is 30.7 Å². The van der Waals surface area contributed by atoms with Crippen LogP contribution in [0.1, 0.15) is 29.7 Å². The van der Waals surface area contributed by atoms with Crippen LogP contribution in [0.15, 0.2) is 52.5 Å². The molecule has 0 N–H and O–H groups in total. The standard InChI is InChI=1S/C19H17ClN2OS/c1-11-3-5-13(6-4-11)19-16-10-24-17-8-7-14(20)9-15(17)18(16)21-22(19)12(2)23/h3-9,16,19H,10H2,1-2H3/t16-,19+/m0/s1. The van der Waals surface area contributed by atoms with Gasteiger partial charge in [0.2, 0.25) is 5.91 Å². The normalized spacial score (nSPS) is 22.0. The van der Waals surface area contributed by atoms with Crippen LogP contribution < -0.4 is 0 Å². The van der Waals surface area contributed by atoms with Crippen molar-refractivity contribution >= 4 is 35.0 Å². The van der Waals surface area contributed by atoms with Crippen molar-refractivity contribution in [1.29, 1.82) is 0 Å². The van der Waals surface area contributed by atoms with E-state index in [9.17, 15) is 4.79 Å². The number of hydrazone groups is 1. The average Bonchev–Trinajstić information content (AvgIpc) is 2.96. The number of amides is 1. The highest BCUT2D eigenvalue weighted by molar-refractivity contribution is 7.99. The van der Waals surface area contributed by atoms with E-state index < -0.39 is 0 Å². The van der Waals surface area contributed by atoms with Gasteiger partial charge in [-0.2, -0.15) is 5.10 Å². The molecule has 2 atom stereocenters. The average molecular weight is 357 g/mol. The van der Waals surface area contributed by atoms with E-state index in [0.717, 1.165) is 22.6 Å². The highest BCUT2D eigenvalue weighted by atomic mass is 35.5. The molecule has 2 heterocycles. The molecule has 2 aliphatic heterocycles. The number of rotatable bonds is 1. The summed E-state index contributed by atoms with van der Waals surface area (Å²) in [5, 5.41) is 7.04. The van der Waals surface area contributed by atoms with Crippen molar-refractivity contribution < 1.29 is 4.79 Å². The highest BCUT2D eigenvalue weighted by Gasteiger charge is 2.43. The molecule has 0 saturated heterocycles. The van der Waals surface area contributed by atoms with Crippen LogP contribution in [0.4, 0.5) is 0 Å². The van der Waals surface area contributed by atoms with Crippen molar-refractivity contribution in [1.82, 2.24) is 5.01 Å². The van der Waals surface area contributed by atoms with Gasteiger partial charge >= 0.3 is 0 Å². The number of benzene rings is 2. The summed E-state index contributed by atoms with van der Waals surface area (Å²) in [5.41, 5.74) is 4.38. The third-order valence-corrected chi connectivity index (χ3v) is 6.02. The molecule has 122 valence electrons. The minimum absolute atomic E-state index is 0.0314. The second kappa shape index (κ2) is 5.94. The van der Waals surface area contributed by atoms with Crippen LogP contribution in [0.25, 0.3) is 0 Å². The Balaban J connectivity index is 1.81. The van der Waals surface area contributed by atoms with E-state index in [1.165, 1.54) is 10.5 Å². The lowest BCUT2D eigenvalue weighted by Gasteiger charge is -2.29. The van der Waals surface area contributed by atoms with Gasteiger partial charge in [0.25, 0.3) is 0 Å². The first-order valence-electron chi connectivity index (χ1n) is 7.92. The minimum atomic E-state index is -0.0438. The van der Waals surface area contributed by atoms with Gasteiger partial charge in [0.1, 0.15) is 0 Å². The van der Waals surface area contributed by atoms with E-state index in [-0.39, 0.29) is 17.9 Å². The highest BCUT2D eigenvalue weighted by Crippen LogP contribution is 2.45. The van der Waals surface area contributed by atoms with Crippen molar-refractivity contribution in [2.24, 2.45) is 11.0 Å². The van der Waals surface area contributed by atoms with Crippen molar-refractivity contribution in [3.8, 4) is 0 Å². The third-order valence-electron chi connectivity index (χ3n) is 4.59. The molecule has 0 bridgehead atoms. The summed E-state index contributed by atoms with van der Waals surface area (Å²) in [6.45, 7) is 3.65. The van der Waals surface area contributed by atoms with E-state index in [2.05, 4.69) is 31.2 Å². The smallest absolute Gasteiger partial charge is 0.240 e. The number of aryl methyl sites for hydroxylation is 1. The maximum absolute atomic E-state index is 12.2. The zero-order chi connectivity index (χ0) is 16.8. The Morgan fingerprint density at radius 2 is 2.00 bits per heavy atom. The molecule has 2 aromatic carbocycles. The van der Waals surface area contributed by atoms with E-state index in [1.807, 2.05) is 30.0 Å². The van der Waals surface area contributed by atoms with Crippen LogP contribution in [0, 0.1) is 12.8 Å². The number of hydrogen-bond donors (Lipinski definition) is 0. The molecule has 0 aromatic heterocycles. The van der Waals surface area contributed by atoms with Crippen LogP contribution in [0.3, 0.4) is 0 Å². The fourth-order valence-electron chi connectivity index (χ4n) is 3.41. The number of hydrogen-bond acceptors (Lipinski definition) is 3. The fourth-order valence-corrected chi connectivity index (χ4v) is 4.76. The summed E-state index contributed by atoms with van der Waals surface area (Å²) in [7, 11) is 0. The second-order valence-corrected chi connectivity index (χ2v) is 7.76. The van der Waals surface area contributed by atoms with Gasteiger partial charge in [0.05, 0.1) is 11.8 Å². The van der Waals surface area contributed by atoms with Crippen molar-refractivity contribution in [2.45, 2.75) is 24.8 Å². The lowest BCUT2D eigenvalue weighted by atomic mass is 9.87. The SMILES string of the molecule is CC(=O)N1N=C2c3cc(Cl)ccc3SC[C@@H]2[C@H]1c1ccc(C)cc1. The van der Waals surface area contributed by atoms with Gasteiger partial charge in [0, 0.05) is 34.1 Å². The van der Waals surface area contributed by atoms with Crippen molar-refractivity contribution in [3.05, 3.63) is 64.2 Å². The molecule has 0 saturated carbocycles. The number of fused-ring (bicyclic) bond motifs is 3. The molecule has 5 heteroatoms. The summed E-state index contributed by atoms with van der Waals surface area (Å²) in [6.07, 6.45) is 0. The Hall–Kier alpha value is -1.78. The Bertz CT molecular complexity index is 847. The number of carbonyl (C=O) groups is 1. The lowest BCUT2D eigenvalue weighted by molar-refractivity contribution is -0.131. The summed E-state index contributed by atoms with van der Waals surface area (Å²) < 4.78 is 0. The molecule has 4 rings (SSSR count). The van der Waals surface area contributed by atoms with Gasteiger partial charge in [-0.25, -0.2) is 5.01 Å². The Morgan fingerprint density at radius 1 is 1.25 bits per heavy atom. The predicted molar refractivity (Wildman–Crippen MR) is 98.6 cm³/mol. The number of nitrogens with zero attached hydrogens (tertiary/aromatic N) is 2. The lowest BCUT2D eigenvalue weighted by Crippen LogP contribution is -2.31. The van der Waals surface area contributed by atoms with Crippen LogP contribution in [-0.4, -0.2) is 22.4 Å². The van der Waals surface area contributed by atoms with Gasteiger partial charge in [-0.1, -0.05) is 41.4 Å². The Labute approximate surface area is 150 Å².